The molecule has 0 radical (unpaired) electrons. The number of aromatic nitrogens is 10. The summed E-state index contributed by atoms with van der Waals surface area (Å²) in [7, 11) is 0. The molecule has 2 amide bonds. The third-order valence-electron chi connectivity index (χ3n) is 10.00. The van der Waals surface area contributed by atoms with Gasteiger partial charge in [0.1, 0.15) is 5.82 Å². The number of halogens is 1. The van der Waals surface area contributed by atoms with Crippen LogP contribution in [-0.4, -0.2) is 79.1 Å². The van der Waals surface area contributed by atoms with Crippen LogP contribution < -0.4 is 4.90 Å². The number of hydrogen-bond acceptors (Lipinski definition) is 14. The van der Waals surface area contributed by atoms with Crippen molar-refractivity contribution in [3.63, 3.8) is 0 Å². The number of imide groups is 1. The summed E-state index contributed by atoms with van der Waals surface area (Å²) in [5.41, 5.74) is 3.47. The minimum atomic E-state index is -0.382. The molecular weight excluding hydrogens is 794 g/mol. The smallest absolute Gasteiger partial charge is 0.267 e. The van der Waals surface area contributed by atoms with E-state index in [1.807, 2.05) is 32.0 Å². The molecule has 0 unspecified atom stereocenters. The molecular formula is C39H46BrN13O4. The predicted molar refractivity (Wildman–Crippen MR) is 214 cm³/mol. The molecule has 57 heavy (non-hydrogen) atoms. The fraction of sp³-hybridized carbons (Fsp3) is 0.436. The Bertz CT molecular complexity index is 2160. The number of pyridine rings is 2. The number of amides is 2. The van der Waals surface area contributed by atoms with Gasteiger partial charge in [0.2, 0.25) is 0 Å². The molecule has 1 aliphatic heterocycles. The quantitative estimate of drug-likeness (QED) is 0.0459. The maximum Gasteiger partial charge on any atom is 0.267 e. The molecule has 0 spiro atoms. The van der Waals surface area contributed by atoms with Gasteiger partial charge in [-0.3, -0.25) is 14.6 Å². The van der Waals surface area contributed by atoms with Crippen molar-refractivity contribution in [2.24, 2.45) is 22.1 Å². The normalized spacial score (nSPS) is 16.4. The minimum Gasteiger partial charge on any atom is -0.409 e. The van der Waals surface area contributed by atoms with Crippen LogP contribution in [-0.2, 0) is 16.8 Å². The summed E-state index contributed by atoms with van der Waals surface area (Å²) in [5.74, 6) is 2.58. The van der Waals surface area contributed by atoms with E-state index in [9.17, 15) is 9.59 Å². The average molecular weight is 841 g/mol. The van der Waals surface area contributed by atoms with Crippen LogP contribution in [0.2, 0.25) is 0 Å². The van der Waals surface area contributed by atoms with E-state index in [0.29, 0.717) is 40.1 Å². The first kappa shape index (κ1) is 40.9. The number of carbonyl (C=O) groups excluding carboxylic acids is 2. The Morgan fingerprint density at radius 1 is 0.719 bits per heavy atom. The Labute approximate surface area is 338 Å². The number of fused-ring (bicyclic) bond motifs is 1. The maximum atomic E-state index is 12.8. The number of carbonyl (C=O) groups is 2. The van der Waals surface area contributed by atoms with Crippen molar-refractivity contribution in [2.75, 3.05) is 4.90 Å². The number of aryl methyl sites for hydroxylation is 3. The van der Waals surface area contributed by atoms with Gasteiger partial charge in [0.25, 0.3) is 11.8 Å². The third-order valence-corrected chi connectivity index (χ3v) is 10.6. The largest absolute Gasteiger partial charge is 0.409 e. The second-order valence-corrected chi connectivity index (χ2v) is 14.6. The molecule has 17 nitrogen and oxygen atoms in total. The number of nitrogens with zero attached hydrogens (tertiary/aromatic N) is 13. The Kier molecular flexibility index (Phi) is 14.3. The van der Waals surface area contributed by atoms with Crippen LogP contribution >= 0.6 is 15.9 Å². The van der Waals surface area contributed by atoms with Crippen molar-refractivity contribution in [1.82, 2.24) is 50.4 Å². The van der Waals surface area contributed by atoms with Crippen molar-refractivity contribution in [2.45, 2.75) is 96.9 Å². The third kappa shape index (κ3) is 10.2. The molecule has 298 valence electrons. The first-order valence-electron chi connectivity index (χ1n) is 19.1. The van der Waals surface area contributed by atoms with E-state index in [2.05, 4.69) is 67.3 Å². The highest BCUT2D eigenvalue weighted by Crippen LogP contribution is 2.29. The van der Waals surface area contributed by atoms with Crippen molar-refractivity contribution in [1.29, 1.82) is 0 Å². The lowest BCUT2D eigenvalue weighted by molar-refractivity contribution is 0.0924. The summed E-state index contributed by atoms with van der Waals surface area (Å²) >= 11 is 3.33. The highest BCUT2D eigenvalue weighted by Gasteiger charge is 2.37. The van der Waals surface area contributed by atoms with Gasteiger partial charge in [-0.05, 0) is 104 Å². The lowest BCUT2D eigenvalue weighted by atomic mass is 9.88. The lowest BCUT2D eigenvalue weighted by Gasteiger charge is -2.22. The molecule has 2 saturated carbocycles. The fourth-order valence-corrected chi connectivity index (χ4v) is 7.41. The standard InChI is InChI=1S/C23H23N7O3.C9H15N5O.C7H8BrN/c1-15-25-27-28-30(15)21(16-8-3-2-4-9-16)26-33-14-17-10-7-13-20(24-17)29-22(31)18-11-5-6-12-19(18)23(29)32;1-7-10-12-13-14(7)9(11-15)8-5-3-2-4-6-8;1-6-3-2-4-7(5-8)9-6/h5-7,10-13,16H,2-4,8-9,14H2,1H3;8,15H,2-6H2,1H3;2-4H,5H2,1H3/b26-21+;11-9+;. The Hall–Kier alpha value is -5.78. The van der Waals surface area contributed by atoms with Crippen LogP contribution in [0.4, 0.5) is 5.82 Å². The van der Waals surface area contributed by atoms with Crippen LogP contribution in [0.5, 0.6) is 0 Å². The highest BCUT2D eigenvalue weighted by atomic mass is 79.9. The Balaban J connectivity index is 0.000000187. The monoisotopic (exact) mass is 839 g/mol. The van der Waals surface area contributed by atoms with Gasteiger partial charge in [0.15, 0.2) is 29.9 Å². The van der Waals surface area contributed by atoms with Crippen molar-refractivity contribution >= 4 is 45.2 Å². The van der Waals surface area contributed by atoms with Crippen molar-refractivity contribution in [3.8, 4) is 0 Å². The SMILES string of the molecule is Cc1cccc(CBr)n1.Cc1nnnn1/C(=N/O)C1CCCCC1.Cc1nnnn1/C(=N/OCc1cccc(N2C(=O)c3ccccc3C2=O)n1)C1CCCCC1. The Morgan fingerprint density at radius 3 is 1.77 bits per heavy atom. The summed E-state index contributed by atoms with van der Waals surface area (Å²) in [6, 6.07) is 17.9. The second-order valence-electron chi connectivity index (χ2n) is 14.0. The van der Waals surface area contributed by atoms with Crippen molar-refractivity contribution in [3.05, 3.63) is 101 Å². The molecule has 1 aromatic carbocycles. The number of hydrogen-bond donors (Lipinski definition) is 1. The van der Waals surface area contributed by atoms with Gasteiger partial charge in [-0.2, -0.15) is 9.36 Å². The molecule has 0 saturated heterocycles. The van der Waals surface area contributed by atoms with E-state index in [-0.39, 0.29) is 36.1 Å². The van der Waals surface area contributed by atoms with Crippen LogP contribution in [0.1, 0.15) is 114 Å². The second kappa shape index (κ2) is 19.9. The summed E-state index contributed by atoms with van der Waals surface area (Å²) in [5, 5.41) is 40.6. The molecule has 8 rings (SSSR count). The fourth-order valence-electron chi connectivity index (χ4n) is 7.10. The first-order valence-corrected chi connectivity index (χ1v) is 20.3. The average Bonchev–Trinajstić information content (AvgIpc) is 3.94. The van der Waals surface area contributed by atoms with E-state index in [4.69, 9.17) is 10.0 Å². The Morgan fingerprint density at radius 2 is 1.26 bits per heavy atom. The molecule has 5 aromatic rings. The highest BCUT2D eigenvalue weighted by molar-refractivity contribution is 9.08. The van der Waals surface area contributed by atoms with E-state index in [0.717, 1.165) is 60.1 Å². The molecule has 1 N–H and O–H groups in total. The molecule has 18 heteroatoms. The number of anilines is 1. The molecule has 4 aromatic heterocycles. The maximum absolute atomic E-state index is 12.8. The van der Waals surface area contributed by atoms with Gasteiger partial charge >= 0.3 is 0 Å². The topological polar surface area (TPSA) is 205 Å². The number of rotatable bonds is 7. The van der Waals surface area contributed by atoms with Gasteiger partial charge in [-0.15, -0.1) is 10.2 Å². The zero-order chi connectivity index (χ0) is 40.1. The van der Waals surface area contributed by atoms with Gasteiger partial charge < -0.3 is 10.0 Å². The molecule has 0 atom stereocenters. The van der Waals surface area contributed by atoms with Crippen LogP contribution in [0.15, 0.2) is 71.0 Å². The number of tetrazole rings is 2. The van der Waals surface area contributed by atoms with Gasteiger partial charge in [-0.1, -0.05) is 89.0 Å². The molecule has 2 fully saturated rings. The summed E-state index contributed by atoms with van der Waals surface area (Å²) in [6.45, 7) is 5.69. The van der Waals surface area contributed by atoms with Crippen LogP contribution in [0.3, 0.4) is 0 Å². The van der Waals surface area contributed by atoms with Gasteiger partial charge in [0, 0.05) is 22.9 Å². The first-order chi connectivity index (χ1) is 27.8. The van der Waals surface area contributed by atoms with Gasteiger partial charge in [-0.25, -0.2) is 9.88 Å². The van der Waals surface area contributed by atoms with E-state index >= 15 is 0 Å². The zero-order valence-electron chi connectivity index (χ0n) is 32.3. The summed E-state index contributed by atoms with van der Waals surface area (Å²) in [4.78, 5) is 41.0. The predicted octanol–water partition coefficient (Wildman–Crippen LogP) is 6.62. The number of alkyl halides is 1. The number of benzene rings is 1. The van der Waals surface area contributed by atoms with E-state index in [1.165, 1.54) is 30.4 Å². The summed E-state index contributed by atoms with van der Waals surface area (Å²) < 4.78 is 3.15. The van der Waals surface area contributed by atoms with E-state index < -0.39 is 0 Å². The molecule has 2 aliphatic carbocycles. The molecule has 5 heterocycles. The molecule has 3 aliphatic rings. The minimum absolute atomic E-state index is 0.0778. The van der Waals surface area contributed by atoms with Gasteiger partial charge in [0.05, 0.1) is 22.5 Å². The van der Waals surface area contributed by atoms with E-state index in [1.54, 1.807) is 54.1 Å². The summed E-state index contributed by atoms with van der Waals surface area (Å²) in [6.07, 6.45) is 11.2. The number of oxime groups is 2. The lowest BCUT2D eigenvalue weighted by Crippen LogP contribution is -2.30. The zero-order valence-corrected chi connectivity index (χ0v) is 33.9. The van der Waals surface area contributed by atoms with Crippen molar-refractivity contribution < 1.29 is 19.6 Å². The van der Waals surface area contributed by atoms with Crippen LogP contribution in [0, 0.1) is 32.6 Å². The molecule has 0 bridgehead atoms. The van der Waals surface area contributed by atoms with Crippen LogP contribution in [0.25, 0.3) is 0 Å².